The molecule has 2 fully saturated rings. The van der Waals surface area contributed by atoms with Crippen LogP contribution in [0.25, 0.3) is 0 Å². The minimum Gasteiger partial charge on any atom is -0.377 e. The SMILES string of the molecule is CC(N)(CNCC1CCCO1)C1CC1. The summed E-state index contributed by atoms with van der Waals surface area (Å²) in [6.45, 7) is 5.00. The average molecular weight is 198 g/mol. The van der Waals surface area contributed by atoms with E-state index in [4.69, 9.17) is 10.5 Å². The van der Waals surface area contributed by atoms with Crippen molar-refractivity contribution in [2.75, 3.05) is 19.7 Å². The Morgan fingerprint density at radius 1 is 1.43 bits per heavy atom. The van der Waals surface area contributed by atoms with Gasteiger partial charge in [-0.15, -0.1) is 0 Å². The molecular weight excluding hydrogens is 176 g/mol. The Bertz CT molecular complexity index is 184. The van der Waals surface area contributed by atoms with Gasteiger partial charge in [-0.25, -0.2) is 0 Å². The number of hydrogen-bond donors (Lipinski definition) is 2. The fraction of sp³-hybridized carbons (Fsp3) is 1.00. The second kappa shape index (κ2) is 4.17. The zero-order chi connectivity index (χ0) is 10.0. The standard InChI is InChI=1S/C11H22N2O/c1-11(12,9-4-5-9)8-13-7-10-3-2-6-14-10/h9-10,13H,2-8,12H2,1H3. The molecule has 1 aliphatic carbocycles. The Kier molecular flexibility index (Phi) is 3.10. The van der Waals surface area contributed by atoms with Gasteiger partial charge in [-0.3, -0.25) is 0 Å². The summed E-state index contributed by atoms with van der Waals surface area (Å²) in [5, 5.41) is 3.44. The molecule has 0 aromatic heterocycles. The number of ether oxygens (including phenoxy) is 1. The van der Waals surface area contributed by atoms with Gasteiger partial charge in [-0.1, -0.05) is 0 Å². The normalized spacial score (nSPS) is 31.7. The smallest absolute Gasteiger partial charge is 0.0700 e. The second-order valence-electron chi connectivity index (χ2n) is 5.05. The molecule has 3 nitrogen and oxygen atoms in total. The van der Waals surface area contributed by atoms with Gasteiger partial charge >= 0.3 is 0 Å². The molecule has 0 aromatic rings. The maximum absolute atomic E-state index is 6.20. The first kappa shape index (κ1) is 10.4. The van der Waals surface area contributed by atoms with Crippen LogP contribution in [0.1, 0.15) is 32.6 Å². The molecule has 2 unspecified atom stereocenters. The lowest BCUT2D eigenvalue weighted by atomic mass is 9.97. The lowest BCUT2D eigenvalue weighted by molar-refractivity contribution is 0.108. The van der Waals surface area contributed by atoms with Crippen LogP contribution >= 0.6 is 0 Å². The zero-order valence-corrected chi connectivity index (χ0v) is 9.09. The Morgan fingerprint density at radius 2 is 2.21 bits per heavy atom. The van der Waals surface area contributed by atoms with Crippen LogP contribution in [0, 0.1) is 5.92 Å². The van der Waals surface area contributed by atoms with E-state index in [1.54, 1.807) is 0 Å². The molecule has 0 amide bonds. The summed E-state index contributed by atoms with van der Waals surface area (Å²) < 4.78 is 5.54. The molecule has 82 valence electrons. The van der Waals surface area contributed by atoms with Crippen LogP contribution in [0.3, 0.4) is 0 Å². The maximum Gasteiger partial charge on any atom is 0.0700 e. The third kappa shape index (κ3) is 2.69. The van der Waals surface area contributed by atoms with Crippen molar-refractivity contribution >= 4 is 0 Å². The van der Waals surface area contributed by atoms with Gasteiger partial charge in [0, 0.05) is 25.2 Å². The van der Waals surface area contributed by atoms with Crippen LogP contribution in [-0.2, 0) is 4.74 Å². The molecular formula is C11H22N2O. The number of nitrogens with two attached hydrogens (primary N) is 1. The highest BCUT2D eigenvalue weighted by Gasteiger charge is 2.37. The Hall–Kier alpha value is -0.120. The van der Waals surface area contributed by atoms with Gasteiger partial charge in [0.2, 0.25) is 0 Å². The topological polar surface area (TPSA) is 47.3 Å². The van der Waals surface area contributed by atoms with E-state index in [1.165, 1.54) is 25.7 Å². The summed E-state index contributed by atoms with van der Waals surface area (Å²) in [4.78, 5) is 0. The molecule has 3 heteroatoms. The number of hydrogen-bond acceptors (Lipinski definition) is 3. The summed E-state index contributed by atoms with van der Waals surface area (Å²) in [5.74, 6) is 0.750. The van der Waals surface area contributed by atoms with Gasteiger partial charge < -0.3 is 15.8 Å². The second-order valence-corrected chi connectivity index (χ2v) is 5.05. The van der Waals surface area contributed by atoms with Crippen molar-refractivity contribution in [3.05, 3.63) is 0 Å². The predicted octanol–water partition coefficient (Wildman–Crippen LogP) is 0.882. The van der Waals surface area contributed by atoms with Crippen molar-refractivity contribution in [2.24, 2.45) is 11.7 Å². The van der Waals surface area contributed by atoms with Crippen molar-refractivity contribution in [1.82, 2.24) is 5.32 Å². The molecule has 0 aromatic carbocycles. The van der Waals surface area contributed by atoms with Crippen molar-refractivity contribution in [3.8, 4) is 0 Å². The molecule has 0 spiro atoms. The fourth-order valence-corrected chi connectivity index (χ4v) is 2.19. The molecule has 3 N–H and O–H groups in total. The van der Waals surface area contributed by atoms with E-state index in [9.17, 15) is 0 Å². The van der Waals surface area contributed by atoms with Crippen molar-refractivity contribution in [1.29, 1.82) is 0 Å². The first-order chi connectivity index (χ1) is 6.68. The molecule has 1 heterocycles. The molecule has 2 rings (SSSR count). The molecule has 1 saturated carbocycles. The molecule has 1 saturated heterocycles. The summed E-state index contributed by atoms with van der Waals surface area (Å²) in [6.07, 6.45) is 5.49. The van der Waals surface area contributed by atoms with E-state index < -0.39 is 0 Å². The Morgan fingerprint density at radius 3 is 2.79 bits per heavy atom. The monoisotopic (exact) mass is 198 g/mol. The number of rotatable bonds is 5. The van der Waals surface area contributed by atoms with Gasteiger partial charge in [0.05, 0.1) is 6.10 Å². The van der Waals surface area contributed by atoms with Gasteiger partial charge in [0.1, 0.15) is 0 Å². The fourth-order valence-electron chi connectivity index (χ4n) is 2.19. The van der Waals surface area contributed by atoms with E-state index in [1.807, 2.05) is 0 Å². The van der Waals surface area contributed by atoms with E-state index in [0.29, 0.717) is 6.10 Å². The molecule has 0 bridgehead atoms. The van der Waals surface area contributed by atoms with Crippen LogP contribution in [0.2, 0.25) is 0 Å². The van der Waals surface area contributed by atoms with Crippen LogP contribution in [0.4, 0.5) is 0 Å². The molecule has 1 aliphatic heterocycles. The van der Waals surface area contributed by atoms with Crippen molar-refractivity contribution in [2.45, 2.75) is 44.2 Å². The van der Waals surface area contributed by atoms with E-state index in [0.717, 1.165) is 25.6 Å². The third-order valence-corrected chi connectivity index (χ3v) is 3.41. The van der Waals surface area contributed by atoms with E-state index >= 15 is 0 Å². The molecule has 2 atom stereocenters. The Balaban J connectivity index is 1.61. The van der Waals surface area contributed by atoms with E-state index in [-0.39, 0.29) is 5.54 Å². The van der Waals surface area contributed by atoms with Gasteiger partial charge in [0.25, 0.3) is 0 Å². The average Bonchev–Trinajstić information content (AvgIpc) is 2.87. The maximum atomic E-state index is 6.20. The van der Waals surface area contributed by atoms with Crippen molar-refractivity contribution < 1.29 is 4.74 Å². The minimum atomic E-state index is -0.00138. The first-order valence-electron chi connectivity index (χ1n) is 5.80. The highest BCUT2D eigenvalue weighted by Crippen LogP contribution is 2.37. The largest absolute Gasteiger partial charge is 0.377 e. The lowest BCUT2D eigenvalue weighted by Gasteiger charge is -2.25. The quantitative estimate of drug-likeness (QED) is 0.689. The first-order valence-corrected chi connectivity index (χ1v) is 5.80. The van der Waals surface area contributed by atoms with Gasteiger partial charge in [0.15, 0.2) is 0 Å². The molecule has 14 heavy (non-hydrogen) atoms. The summed E-state index contributed by atoms with van der Waals surface area (Å²) >= 11 is 0. The summed E-state index contributed by atoms with van der Waals surface area (Å²) in [7, 11) is 0. The van der Waals surface area contributed by atoms with Gasteiger partial charge in [-0.05, 0) is 38.5 Å². The summed E-state index contributed by atoms with van der Waals surface area (Å²) in [6, 6.07) is 0. The summed E-state index contributed by atoms with van der Waals surface area (Å²) in [5.41, 5.74) is 6.20. The Labute approximate surface area is 86.4 Å². The van der Waals surface area contributed by atoms with Crippen LogP contribution in [0.5, 0.6) is 0 Å². The molecule has 0 radical (unpaired) electrons. The predicted molar refractivity (Wildman–Crippen MR) is 57.2 cm³/mol. The molecule has 2 aliphatic rings. The van der Waals surface area contributed by atoms with Crippen molar-refractivity contribution in [3.63, 3.8) is 0 Å². The third-order valence-electron chi connectivity index (χ3n) is 3.41. The van der Waals surface area contributed by atoms with Crippen LogP contribution < -0.4 is 11.1 Å². The van der Waals surface area contributed by atoms with Crippen LogP contribution in [0.15, 0.2) is 0 Å². The van der Waals surface area contributed by atoms with Crippen LogP contribution in [-0.4, -0.2) is 31.3 Å². The van der Waals surface area contributed by atoms with Gasteiger partial charge in [-0.2, -0.15) is 0 Å². The lowest BCUT2D eigenvalue weighted by Crippen LogP contribution is -2.49. The zero-order valence-electron chi connectivity index (χ0n) is 9.09. The highest BCUT2D eigenvalue weighted by molar-refractivity contribution is 4.96. The number of nitrogens with one attached hydrogen (secondary N) is 1. The minimum absolute atomic E-state index is 0.00138. The van der Waals surface area contributed by atoms with E-state index in [2.05, 4.69) is 12.2 Å². The highest BCUT2D eigenvalue weighted by atomic mass is 16.5.